The number of hydrogen-bond donors (Lipinski definition) is 2. The first-order valence-electron chi connectivity index (χ1n) is 17.2. The summed E-state index contributed by atoms with van der Waals surface area (Å²) in [4.78, 5) is 26.6. The molecule has 0 aliphatic carbocycles. The van der Waals surface area contributed by atoms with Gasteiger partial charge in [-0.15, -0.1) is 5.10 Å². The fourth-order valence-corrected chi connectivity index (χ4v) is 6.62. The van der Waals surface area contributed by atoms with E-state index in [0.29, 0.717) is 46.4 Å². The first-order chi connectivity index (χ1) is 25.2. The third-order valence-electron chi connectivity index (χ3n) is 9.56. The van der Waals surface area contributed by atoms with Crippen LogP contribution in [0.3, 0.4) is 0 Å². The van der Waals surface area contributed by atoms with Crippen LogP contribution in [0, 0.1) is 5.82 Å². The van der Waals surface area contributed by atoms with Crippen molar-refractivity contribution in [1.29, 1.82) is 0 Å². The Morgan fingerprint density at radius 1 is 1.23 bits per heavy atom. The molecule has 3 aromatic carbocycles. The number of allylic oxidation sites excluding steroid dienone is 4. The third-order valence-corrected chi connectivity index (χ3v) is 9.79. The van der Waals surface area contributed by atoms with Gasteiger partial charge in [0.2, 0.25) is 5.88 Å². The molecular formula is C40H43ClFN7O3. The highest BCUT2D eigenvalue weighted by atomic mass is 35.5. The fourth-order valence-electron chi connectivity index (χ4n) is 6.46. The zero-order valence-electron chi connectivity index (χ0n) is 29.5. The fraction of sp³-hybridized carbons (Fsp3) is 0.300. The molecule has 0 radical (unpaired) electrons. The SMILES string of the molecule is C=N/C(=C\C=C/Cc1ccc(Cl)cc1F)C1=CCN(CCN(CC2(C)CCO2)c2ccc(C(=O)Nc3ccc4[nH]nc(OC)c4c3)cc2N=C)CC1. The molecule has 3 heterocycles. The van der Waals surface area contributed by atoms with E-state index >= 15 is 0 Å². The largest absolute Gasteiger partial charge is 0.480 e. The third kappa shape index (κ3) is 8.67. The standard InChI is InChI=1S/C40H43ClFN7O3/c1-40(17-22-52-40)26-49(21-20-48-18-15-28(16-19-48)34(43-2)8-6-5-7-27-9-11-30(41)24-33(27)42)37-14-10-29(23-36(37)44-3)38(50)45-31-12-13-35-32(25-31)39(51-4)47-46-35/h5-6,8-15,23-25H,2-3,7,16-22,26H2,1,4H3,(H,45,50)(H,46,47)/b6-5-,34-8-. The lowest BCUT2D eigenvalue weighted by atomic mass is 9.96. The Bertz CT molecular complexity index is 2050. The second-order valence-corrected chi connectivity index (χ2v) is 13.6. The minimum Gasteiger partial charge on any atom is -0.480 e. The van der Waals surface area contributed by atoms with Crippen molar-refractivity contribution in [3.63, 3.8) is 0 Å². The Balaban J connectivity index is 1.10. The average molecular weight is 724 g/mol. The van der Waals surface area contributed by atoms with Crippen molar-refractivity contribution in [2.45, 2.75) is 31.8 Å². The monoisotopic (exact) mass is 723 g/mol. The van der Waals surface area contributed by atoms with Gasteiger partial charge in [0.05, 0.1) is 47.3 Å². The molecule has 270 valence electrons. The number of anilines is 2. The molecule has 6 rings (SSSR count). The minimum atomic E-state index is -0.315. The Labute approximate surface area is 308 Å². The Morgan fingerprint density at radius 2 is 2.08 bits per heavy atom. The number of hydrogen-bond acceptors (Lipinski definition) is 8. The lowest BCUT2D eigenvalue weighted by Crippen LogP contribution is -2.51. The summed E-state index contributed by atoms with van der Waals surface area (Å²) < 4.78 is 25.4. The summed E-state index contributed by atoms with van der Waals surface area (Å²) >= 11 is 5.87. The molecule has 0 saturated carbocycles. The number of nitrogens with one attached hydrogen (secondary N) is 2. The van der Waals surface area contributed by atoms with Gasteiger partial charge in [-0.05, 0) is 98.9 Å². The van der Waals surface area contributed by atoms with Crippen molar-refractivity contribution in [3.8, 4) is 5.88 Å². The number of benzene rings is 3. The molecule has 12 heteroatoms. The maximum absolute atomic E-state index is 14.1. The number of carbonyl (C=O) groups excluding carboxylic acids is 1. The first kappa shape index (κ1) is 36.7. The molecule has 2 N–H and O–H groups in total. The summed E-state index contributed by atoms with van der Waals surface area (Å²) in [6, 6.07) is 15.7. The number of carbonyl (C=O) groups is 1. The van der Waals surface area contributed by atoms with Gasteiger partial charge in [-0.25, -0.2) is 4.39 Å². The summed E-state index contributed by atoms with van der Waals surface area (Å²) in [6.07, 6.45) is 10.2. The van der Waals surface area contributed by atoms with E-state index in [1.165, 1.54) is 6.07 Å². The summed E-state index contributed by atoms with van der Waals surface area (Å²) in [5.41, 5.74) is 5.70. The van der Waals surface area contributed by atoms with Crippen LogP contribution < -0.4 is 15.0 Å². The molecule has 0 bridgehead atoms. The van der Waals surface area contributed by atoms with Gasteiger partial charge in [0.1, 0.15) is 5.82 Å². The molecule has 4 aromatic rings. The highest BCUT2D eigenvalue weighted by molar-refractivity contribution is 6.30. The second-order valence-electron chi connectivity index (χ2n) is 13.1. The van der Waals surface area contributed by atoms with Gasteiger partial charge in [0.25, 0.3) is 5.91 Å². The number of H-pyrrole nitrogens is 1. The van der Waals surface area contributed by atoms with Crippen molar-refractivity contribution < 1.29 is 18.7 Å². The number of aliphatic imine (C=N–C) groups is 2. The second kappa shape index (κ2) is 16.5. The lowest BCUT2D eigenvalue weighted by Gasteiger charge is -2.43. The van der Waals surface area contributed by atoms with Crippen LogP contribution >= 0.6 is 11.6 Å². The normalized spacial score (nSPS) is 17.8. The van der Waals surface area contributed by atoms with Crippen LogP contribution in [0.5, 0.6) is 5.88 Å². The zero-order valence-corrected chi connectivity index (χ0v) is 30.3. The van der Waals surface area contributed by atoms with E-state index in [9.17, 15) is 9.18 Å². The van der Waals surface area contributed by atoms with Gasteiger partial charge in [-0.3, -0.25) is 24.8 Å². The molecular weight excluding hydrogens is 681 g/mol. The minimum absolute atomic E-state index is 0.261. The number of fused-ring (bicyclic) bond motifs is 1. The Morgan fingerprint density at radius 3 is 2.77 bits per heavy atom. The average Bonchev–Trinajstić information content (AvgIpc) is 3.56. The van der Waals surface area contributed by atoms with Crippen molar-refractivity contribution in [2.24, 2.45) is 9.98 Å². The van der Waals surface area contributed by atoms with Gasteiger partial charge in [0.15, 0.2) is 0 Å². The molecule has 52 heavy (non-hydrogen) atoms. The van der Waals surface area contributed by atoms with Gasteiger partial charge < -0.3 is 19.7 Å². The van der Waals surface area contributed by atoms with E-state index < -0.39 is 0 Å². The number of rotatable bonds is 15. The summed E-state index contributed by atoms with van der Waals surface area (Å²) in [5.74, 6) is -0.114. The van der Waals surface area contributed by atoms with Crippen LogP contribution in [0.1, 0.15) is 35.7 Å². The number of amides is 1. The van der Waals surface area contributed by atoms with Crippen LogP contribution in [0.4, 0.5) is 21.5 Å². The highest BCUT2D eigenvalue weighted by Crippen LogP contribution is 2.35. The summed E-state index contributed by atoms with van der Waals surface area (Å²) in [7, 11) is 1.56. The molecule has 1 atom stereocenters. The van der Waals surface area contributed by atoms with Crippen molar-refractivity contribution in [3.05, 3.63) is 112 Å². The van der Waals surface area contributed by atoms with Crippen LogP contribution in [0.2, 0.25) is 5.02 Å². The number of halogens is 2. The van der Waals surface area contributed by atoms with Gasteiger partial charge >= 0.3 is 0 Å². The molecule has 10 nitrogen and oxygen atoms in total. The number of nitrogens with zero attached hydrogens (tertiary/aromatic N) is 5. The van der Waals surface area contributed by atoms with Crippen LogP contribution in [0.15, 0.2) is 100 Å². The van der Waals surface area contributed by atoms with Crippen molar-refractivity contribution in [1.82, 2.24) is 15.1 Å². The van der Waals surface area contributed by atoms with Crippen LogP contribution in [-0.4, -0.2) is 86.5 Å². The maximum atomic E-state index is 14.1. The van der Waals surface area contributed by atoms with Crippen LogP contribution in [0.25, 0.3) is 10.9 Å². The molecule has 1 amide bonds. The Kier molecular flexibility index (Phi) is 11.6. The number of methoxy groups -OCH3 is 1. The first-order valence-corrected chi connectivity index (χ1v) is 17.6. The Hall–Kier alpha value is -5.10. The summed E-state index contributed by atoms with van der Waals surface area (Å²) in [5, 5.41) is 11.2. The van der Waals surface area contributed by atoms with E-state index in [1.807, 2.05) is 48.6 Å². The van der Waals surface area contributed by atoms with E-state index in [-0.39, 0.29) is 17.3 Å². The van der Waals surface area contributed by atoms with E-state index in [1.54, 1.807) is 25.3 Å². The van der Waals surface area contributed by atoms with E-state index in [0.717, 1.165) is 73.5 Å². The number of ether oxygens (including phenoxy) is 2. The van der Waals surface area contributed by atoms with Gasteiger partial charge in [-0.2, -0.15) is 0 Å². The highest BCUT2D eigenvalue weighted by Gasteiger charge is 2.36. The predicted octanol–water partition coefficient (Wildman–Crippen LogP) is 7.95. The molecule has 1 saturated heterocycles. The van der Waals surface area contributed by atoms with E-state index in [4.69, 9.17) is 21.1 Å². The predicted molar refractivity (Wildman–Crippen MR) is 208 cm³/mol. The lowest BCUT2D eigenvalue weighted by molar-refractivity contribution is -0.127. The van der Waals surface area contributed by atoms with Crippen LogP contribution in [-0.2, 0) is 11.2 Å². The zero-order chi connectivity index (χ0) is 36.7. The molecule has 2 aliphatic heterocycles. The number of aromatic nitrogens is 2. The molecule has 1 fully saturated rings. The molecule has 1 aromatic heterocycles. The van der Waals surface area contributed by atoms with Gasteiger partial charge in [-0.1, -0.05) is 35.9 Å². The van der Waals surface area contributed by atoms with E-state index in [2.05, 4.69) is 61.7 Å². The molecule has 1 unspecified atom stereocenters. The number of aromatic amines is 1. The summed E-state index contributed by atoms with van der Waals surface area (Å²) in [6.45, 7) is 14.3. The molecule has 0 spiro atoms. The topological polar surface area (TPSA) is 107 Å². The van der Waals surface area contributed by atoms with Gasteiger partial charge in [0, 0.05) is 55.4 Å². The maximum Gasteiger partial charge on any atom is 0.255 e. The smallest absolute Gasteiger partial charge is 0.255 e. The molecule has 2 aliphatic rings. The quantitative estimate of drug-likeness (QED) is 0.0953. The van der Waals surface area contributed by atoms with Crippen molar-refractivity contribution in [2.75, 3.05) is 56.7 Å². The van der Waals surface area contributed by atoms with Crippen molar-refractivity contribution >= 4 is 58.9 Å².